The SMILES string of the molecule is COc1ccc2cc(/C=C/C(=O)NCC(=O)NCc3ccco3)ccc2c1. The van der Waals surface area contributed by atoms with Crippen molar-refractivity contribution >= 4 is 28.7 Å². The molecule has 3 aromatic rings. The lowest BCUT2D eigenvalue weighted by atomic mass is 10.1. The number of nitrogens with one attached hydrogen (secondary N) is 2. The minimum absolute atomic E-state index is 0.0958. The summed E-state index contributed by atoms with van der Waals surface area (Å²) in [4.78, 5) is 23.6. The molecule has 0 aliphatic carbocycles. The molecule has 0 saturated carbocycles. The second-order valence-corrected chi connectivity index (χ2v) is 5.88. The Kier molecular flexibility index (Phi) is 5.89. The molecule has 138 valence electrons. The standard InChI is InChI=1S/C21H20N2O4/c1-26-18-8-7-16-11-15(4-6-17(16)12-18)5-9-20(24)23-14-21(25)22-13-19-3-2-10-27-19/h2-12H,13-14H2,1H3,(H,22,25)(H,23,24)/b9-5+. The van der Waals surface area contributed by atoms with Gasteiger partial charge in [-0.05, 0) is 52.7 Å². The van der Waals surface area contributed by atoms with E-state index in [1.165, 1.54) is 12.3 Å². The minimum Gasteiger partial charge on any atom is -0.497 e. The highest BCUT2D eigenvalue weighted by Crippen LogP contribution is 2.22. The van der Waals surface area contributed by atoms with Gasteiger partial charge in [0.05, 0.1) is 26.5 Å². The van der Waals surface area contributed by atoms with E-state index in [1.807, 2.05) is 36.4 Å². The van der Waals surface area contributed by atoms with Gasteiger partial charge in [0.1, 0.15) is 11.5 Å². The molecule has 2 amide bonds. The van der Waals surface area contributed by atoms with Gasteiger partial charge in [-0.2, -0.15) is 0 Å². The first kappa shape index (κ1) is 18.3. The zero-order chi connectivity index (χ0) is 19.1. The van der Waals surface area contributed by atoms with Crippen LogP contribution in [0.5, 0.6) is 5.75 Å². The van der Waals surface area contributed by atoms with Crippen molar-refractivity contribution in [2.45, 2.75) is 6.54 Å². The normalized spacial score (nSPS) is 10.9. The molecule has 0 fully saturated rings. The van der Waals surface area contributed by atoms with E-state index < -0.39 is 0 Å². The average Bonchev–Trinajstić information content (AvgIpc) is 3.22. The summed E-state index contributed by atoms with van der Waals surface area (Å²) in [6.07, 6.45) is 4.65. The minimum atomic E-state index is -0.335. The molecule has 6 nitrogen and oxygen atoms in total. The maximum Gasteiger partial charge on any atom is 0.244 e. The van der Waals surface area contributed by atoms with Crippen molar-refractivity contribution in [3.63, 3.8) is 0 Å². The van der Waals surface area contributed by atoms with E-state index in [-0.39, 0.29) is 18.4 Å². The molecule has 1 heterocycles. The third-order valence-corrected chi connectivity index (χ3v) is 3.96. The Labute approximate surface area is 156 Å². The molecule has 2 N–H and O–H groups in total. The Bertz CT molecular complexity index is 961. The molecule has 2 aromatic carbocycles. The number of furan rings is 1. The van der Waals surface area contributed by atoms with Gasteiger partial charge >= 0.3 is 0 Å². The van der Waals surface area contributed by atoms with Crippen LogP contribution in [0.4, 0.5) is 0 Å². The smallest absolute Gasteiger partial charge is 0.244 e. The van der Waals surface area contributed by atoms with Crippen LogP contribution in [0.1, 0.15) is 11.3 Å². The predicted molar refractivity (Wildman–Crippen MR) is 103 cm³/mol. The number of fused-ring (bicyclic) bond motifs is 1. The van der Waals surface area contributed by atoms with Gasteiger partial charge in [0, 0.05) is 6.08 Å². The Morgan fingerprint density at radius 1 is 1.07 bits per heavy atom. The largest absolute Gasteiger partial charge is 0.497 e. The van der Waals surface area contributed by atoms with E-state index in [2.05, 4.69) is 10.6 Å². The summed E-state index contributed by atoms with van der Waals surface area (Å²) in [6.45, 7) is 0.195. The molecule has 1 aromatic heterocycles. The fraction of sp³-hybridized carbons (Fsp3) is 0.143. The molecule has 0 bridgehead atoms. The number of ether oxygens (including phenoxy) is 1. The summed E-state index contributed by atoms with van der Waals surface area (Å²) < 4.78 is 10.3. The quantitative estimate of drug-likeness (QED) is 0.632. The predicted octanol–water partition coefficient (Wildman–Crippen LogP) is 2.89. The summed E-state index contributed by atoms with van der Waals surface area (Å²) in [5.74, 6) is 0.838. The topological polar surface area (TPSA) is 80.6 Å². The third kappa shape index (κ3) is 5.22. The number of benzene rings is 2. The molecule has 0 spiro atoms. The van der Waals surface area contributed by atoms with Crippen LogP contribution in [0.2, 0.25) is 0 Å². The average molecular weight is 364 g/mol. The fourth-order valence-electron chi connectivity index (χ4n) is 2.53. The molecular formula is C21H20N2O4. The number of methoxy groups -OCH3 is 1. The maximum atomic E-state index is 11.9. The number of hydrogen-bond acceptors (Lipinski definition) is 4. The molecule has 3 rings (SSSR count). The zero-order valence-electron chi connectivity index (χ0n) is 14.9. The first-order valence-corrected chi connectivity index (χ1v) is 8.47. The number of hydrogen-bond donors (Lipinski definition) is 2. The van der Waals surface area contributed by atoms with Crippen molar-refractivity contribution in [2.75, 3.05) is 13.7 Å². The lowest BCUT2D eigenvalue weighted by molar-refractivity contribution is -0.124. The number of carbonyl (C=O) groups is 2. The van der Waals surface area contributed by atoms with Crippen molar-refractivity contribution in [1.29, 1.82) is 0 Å². The summed E-state index contributed by atoms with van der Waals surface area (Å²) in [6, 6.07) is 15.2. The van der Waals surface area contributed by atoms with E-state index in [0.717, 1.165) is 22.1 Å². The van der Waals surface area contributed by atoms with Crippen LogP contribution in [0.3, 0.4) is 0 Å². The second-order valence-electron chi connectivity index (χ2n) is 5.88. The molecule has 0 atom stereocenters. The molecule has 27 heavy (non-hydrogen) atoms. The lowest BCUT2D eigenvalue weighted by Gasteiger charge is -2.04. The molecular weight excluding hydrogens is 344 g/mol. The fourth-order valence-corrected chi connectivity index (χ4v) is 2.53. The van der Waals surface area contributed by atoms with Crippen LogP contribution in [-0.4, -0.2) is 25.5 Å². The molecule has 0 unspecified atom stereocenters. The van der Waals surface area contributed by atoms with E-state index in [1.54, 1.807) is 25.3 Å². The second kappa shape index (κ2) is 8.71. The summed E-state index contributed by atoms with van der Waals surface area (Å²) in [7, 11) is 1.63. The van der Waals surface area contributed by atoms with Gasteiger partial charge in [-0.25, -0.2) is 0 Å². The Balaban J connectivity index is 1.50. The van der Waals surface area contributed by atoms with Crippen molar-refractivity contribution in [1.82, 2.24) is 10.6 Å². The van der Waals surface area contributed by atoms with E-state index in [0.29, 0.717) is 12.3 Å². The van der Waals surface area contributed by atoms with Crippen LogP contribution in [0.25, 0.3) is 16.8 Å². The Hall–Kier alpha value is -3.54. The van der Waals surface area contributed by atoms with Crippen molar-refractivity contribution in [3.05, 3.63) is 72.2 Å². The van der Waals surface area contributed by atoms with Crippen LogP contribution in [-0.2, 0) is 16.1 Å². The van der Waals surface area contributed by atoms with Crippen molar-refractivity contribution < 1.29 is 18.7 Å². The highest BCUT2D eigenvalue weighted by Gasteiger charge is 2.04. The number of rotatable bonds is 7. The zero-order valence-corrected chi connectivity index (χ0v) is 14.9. The number of carbonyl (C=O) groups excluding carboxylic acids is 2. The highest BCUT2D eigenvalue weighted by molar-refractivity contribution is 5.95. The maximum absolute atomic E-state index is 11.9. The van der Waals surface area contributed by atoms with Crippen molar-refractivity contribution in [2.24, 2.45) is 0 Å². The summed E-state index contributed by atoms with van der Waals surface area (Å²) in [5.41, 5.74) is 0.894. The van der Waals surface area contributed by atoms with E-state index in [9.17, 15) is 9.59 Å². The molecule has 6 heteroatoms. The van der Waals surface area contributed by atoms with Gasteiger partial charge in [-0.15, -0.1) is 0 Å². The summed E-state index contributed by atoms with van der Waals surface area (Å²) >= 11 is 0. The van der Waals surface area contributed by atoms with Crippen molar-refractivity contribution in [3.8, 4) is 5.75 Å². The van der Waals surface area contributed by atoms with E-state index >= 15 is 0 Å². The first-order chi connectivity index (χ1) is 13.1. The van der Waals surface area contributed by atoms with Crippen LogP contribution < -0.4 is 15.4 Å². The van der Waals surface area contributed by atoms with Crippen LogP contribution >= 0.6 is 0 Å². The highest BCUT2D eigenvalue weighted by atomic mass is 16.5. The van der Waals surface area contributed by atoms with E-state index in [4.69, 9.17) is 9.15 Å². The molecule has 0 radical (unpaired) electrons. The van der Waals surface area contributed by atoms with Gasteiger partial charge in [-0.3, -0.25) is 9.59 Å². The lowest BCUT2D eigenvalue weighted by Crippen LogP contribution is -2.35. The third-order valence-electron chi connectivity index (χ3n) is 3.96. The molecule has 0 saturated heterocycles. The van der Waals surface area contributed by atoms with Gasteiger partial charge < -0.3 is 19.8 Å². The van der Waals surface area contributed by atoms with Crippen LogP contribution in [0.15, 0.2) is 65.3 Å². The monoisotopic (exact) mass is 364 g/mol. The Morgan fingerprint density at radius 2 is 1.89 bits per heavy atom. The number of amides is 2. The summed E-state index contributed by atoms with van der Waals surface area (Å²) in [5, 5.41) is 7.32. The van der Waals surface area contributed by atoms with Gasteiger partial charge in [0.15, 0.2) is 0 Å². The first-order valence-electron chi connectivity index (χ1n) is 8.47. The van der Waals surface area contributed by atoms with Gasteiger partial charge in [-0.1, -0.05) is 18.2 Å². The van der Waals surface area contributed by atoms with Gasteiger partial charge in [0.25, 0.3) is 0 Å². The molecule has 0 aliphatic heterocycles. The Morgan fingerprint density at radius 3 is 2.67 bits per heavy atom. The molecule has 0 aliphatic rings. The van der Waals surface area contributed by atoms with Gasteiger partial charge in [0.2, 0.25) is 11.8 Å². The van der Waals surface area contributed by atoms with Crippen LogP contribution in [0, 0.1) is 0 Å².